The van der Waals surface area contributed by atoms with Crippen LogP contribution in [-0.2, 0) is 4.79 Å². The van der Waals surface area contributed by atoms with Gasteiger partial charge in [0.25, 0.3) is 0 Å². The smallest absolute Gasteiger partial charge is 0.311 e. The molecule has 2 N–H and O–H groups in total. The number of rotatable bonds is 4. The standard InChI is InChI=1S/C14H15FN2O2/c15-11-3-4-12(10(7-11)8-16)17-9-14(13(18)19)5-1-2-6-14/h3-4,7,17H,1-2,5-6,9H2,(H,18,19). The van der Waals surface area contributed by atoms with Crippen molar-refractivity contribution in [2.75, 3.05) is 11.9 Å². The second kappa shape index (κ2) is 5.27. The molecule has 0 aromatic heterocycles. The quantitative estimate of drug-likeness (QED) is 0.875. The zero-order valence-electron chi connectivity index (χ0n) is 10.4. The van der Waals surface area contributed by atoms with Crippen LogP contribution in [0, 0.1) is 22.6 Å². The molecule has 2 rings (SSSR count). The minimum atomic E-state index is -0.807. The van der Waals surface area contributed by atoms with Crippen molar-refractivity contribution in [3.05, 3.63) is 29.6 Å². The van der Waals surface area contributed by atoms with Gasteiger partial charge in [0, 0.05) is 6.54 Å². The van der Waals surface area contributed by atoms with Crippen LogP contribution in [-0.4, -0.2) is 17.6 Å². The lowest BCUT2D eigenvalue weighted by Gasteiger charge is -2.24. The van der Waals surface area contributed by atoms with Gasteiger partial charge in [0.2, 0.25) is 0 Å². The average molecular weight is 262 g/mol. The molecular weight excluding hydrogens is 247 g/mol. The zero-order chi connectivity index (χ0) is 13.9. The van der Waals surface area contributed by atoms with E-state index in [4.69, 9.17) is 5.26 Å². The van der Waals surface area contributed by atoms with Crippen LogP contribution in [0.4, 0.5) is 10.1 Å². The highest BCUT2D eigenvalue weighted by molar-refractivity contribution is 5.76. The molecule has 4 nitrogen and oxygen atoms in total. The molecule has 0 aliphatic heterocycles. The van der Waals surface area contributed by atoms with E-state index in [2.05, 4.69) is 5.32 Å². The summed E-state index contributed by atoms with van der Waals surface area (Å²) in [5.74, 6) is -1.28. The fourth-order valence-electron chi connectivity index (χ4n) is 2.55. The molecule has 0 amide bonds. The highest BCUT2D eigenvalue weighted by atomic mass is 19.1. The Morgan fingerprint density at radius 3 is 2.74 bits per heavy atom. The summed E-state index contributed by atoms with van der Waals surface area (Å²) < 4.78 is 13.0. The summed E-state index contributed by atoms with van der Waals surface area (Å²) in [5, 5.41) is 21.3. The number of carboxylic acid groups (broad SMARTS) is 1. The van der Waals surface area contributed by atoms with E-state index >= 15 is 0 Å². The van der Waals surface area contributed by atoms with Gasteiger partial charge in [0.15, 0.2) is 0 Å². The molecule has 0 bridgehead atoms. The Morgan fingerprint density at radius 2 is 2.16 bits per heavy atom. The van der Waals surface area contributed by atoms with Crippen LogP contribution in [0.5, 0.6) is 0 Å². The number of benzene rings is 1. The summed E-state index contributed by atoms with van der Waals surface area (Å²) in [6.07, 6.45) is 3.09. The third-order valence-corrected chi connectivity index (χ3v) is 3.73. The number of aliphatic carboxylic acids is 1. The molecule has 1 aliphatic rings. The average Bonchev–Trinajstić information content (AvgIpc) is 2.87. The third kappa shape index (κ3) is 2.68. The normalized spacial score (nSPS) is 16.8. The Morgan fingerprint density at radius 1 is 1.47 bits per heavy atom. The van der Waals surface area contributed by atoms with E-state index in [1.54, 1.807) is 0 Å². The second-order valence-corrected chi connectivity index (χ2v) is 4.95. The van der Waals surface area contributed by atoms with Gasteiger partial charge in [-0.3, -0.25) is 4.79 Å². The monoisotopic (exact) mass is 262 g/mol. The summed E-state index contributed by atoms with van der Waals surface area (Å²) in [7, 11) is 0. The molecule has 1 aromatic rings. The van der Waals surface area contributed by atoms with Crippen molar-refractivity contribution in [2.24, 2.45) is 5.41 Å². The lowest BCUT2D eigenvalue weighted by molar-refractivity contribution is -0.147. The van der Waals surface area contributed by atoms with Crippen molar-refractivity contribution in [1.29, 1.82) is 5.26 Å². The lowest BCUT2D eigenvalue weighted by Crippen LogP contribution is -2.35. The second-order valence-electron chi connectivity index (χ2n) is 4.95. The van der Waals surface area contributed by atoms with Gasteiger partial charge in [-0.05, 0) is 31.0 Å². The summed E-state index contributed by atoms with van der Waals surface area (Å²) in [6, 6.07) is 5.77. The van der Waals surface area contributed by atoms with Crippen LogP contribution in [0.1, 0.15) is 31.2 Å². The van der Waals surface area contributed by atoms with Gasteiger partial charge in [-0.15, -0.1) is 0 Å². The Kier molecular flexibility index (Phi) is 3.70. The molecule has 0 saturated heterocycles. The zero-order valence-corrected chi connectivity index (χ0v) is 10.4. The number of nitrogens with one attached hydrogen (secondary N) is 1. The first kappa shape index (κ1) is 13.3. The van der Waals surface area contributed by atoms with Crippen molar-refractivity contribution in [2.45, 2.75) is 25.7 Å². The van der Waals surface area contributed by atoms with Gasteiger partial charge < -0.3 is 10.4 Å². The number of hydrogen-bond donors (Lipinski definition) is 2. The van der Waals surface area contributed by atoms with Gasteiger partial charge in [0.1, 0.15) is 11.9 Å². The van der Waals surface area contributed by atoms with E-state index in [-0.39, 0.29) is 12.1 Å². The Bertz CT molecular complexity index is 531. The predicted molar refractivity (Wildman–Crippen MR) is 68.1 cm³/mol. The number of nitriles is 1. The topological polar surface area (TPSA) is 73.1 Å². The van der Waals surface area contributed by atoms with Crippen LogP contribution < -0.4 is 5.32 Å². The summed E-state index contributed by atoms with van der Waals surface area (Å²) >= 11 is 0. The first-order chi connectivity index (χ1) is 9.07. The molecule has 1 fully saturated rings. The van der Waals surface area contributed by atoms with E-state index in [1.165, 1.54) is 12.1 Å². The number of carboxylic acids is 1. The van der Waals surface area contributed by atoms with Crippen LogP contribution in [0.3, 0.4) is 0 Å². The van der Waals surface area contributed by atoms with Gasteiger partial charge >= 0.3 is 5.97 Å². The first-order valence-corrected chi connectivity index (χ1v) is 6.24. The predicted octanol–water partition coefficient (Wildman–Crippen LogP) is 2.75. The van der Waals surface area contributed by atoms with Gasteiger partial charge in [-0.1, -0.05) is 12.8 Å². The highest BCUT2D eigenvalue weighted by Gasteiger charge is 2.41. The molecule has 0 heterocycles. The Balaban J connectivity index is 2.14. The van der Waals surface area contributed by atoms with Crippen LogP contribution >= 0.6 is 0 Å². The summed E-state index contributed by atoms with van der Waals surface area (Å²) in [6.45, 7) is 0.267. The SMILES string of the molecule is N#Cc1cc(F)ccc1NCC1(C(=O)O)CCCC1. The van der Waals surface area contributed by atoms with Gasteiger partial charge in [-0.25, -0.2) is 4.39 Å². The summed E-state index contributed by atoms with van der Waals surface area (Å²) in [5.41, 5.74) is -0.0869. The maximum atomic E-state index is 13.0. The van der Waals surface area contributed by atoms with Crippen LogP contribution in [0.25, 0.3) is 0 Å². The van der Waals surface area contributed by atoms with Crippen molar-refractivity contribution < 1.29 is 14.3 Å². The van der Waals surface area contributed by atoms with Gasteiger partial charge in [0.05, 0.1) is 16.7 Å². The maximum Gasteiger partial charge on any atom is 0.311 e. The first-order valence-electron chi connectivity index (χ1n) is 6.24. The van der Waals surface area contributed by atoms with E-state index in [0.29, 0.717) is 18.5 Å². The number of anilines is 1. The Hall–Kier alpha value is -2.09. The Labute approximate surface area is 110 Å². The van der Waals surface area contributed by atoms with Crippen molar-refractivity contribution in [3.8, 4) is 6.07 Å². The molecule has 1 aromatic carbocycles. The van der Waals surface area contributed by atoms with E-state index < -0.39 is 17.2 Å². The molecule has 0 atom stereocenters. The molecule has 1 saturated carbocycles. The minimum Gasteiger partial charge on any atom is -0.481 e. The van der Waals surface area contributed by atoms with Gasteiger partial charge in [-0.2, -0.15) is 5.26 Å². The van der Waals surface area contributed by atoms with E-state index in [0.717, 1.165) is 18.9 Å². The lowest BCUT2D eigenvalue weighted by atomic mass is 9.86. The van der Waals surface area contributed by atoms with Crippen LogP contribution in [0.15, 0.2) is 18.2 Å². The van der Waals surface area contributed by atoms with E-state index in [9.17, 15) is 14.3 Å². The maximum absolute atomic E-state index is 13.0. The molecule has 5 heteroatoms. The molecule has 0 radical (unpaired) electrons. The molecule has 100 valence electrons. The number of halogens is 1. The minimum absolute atomic E-state index is 0.193. The number of nitrogens with zero attached hydrogens (tertiary/aromatic N) is 1. The van der Waals surface area contributed by atoms with Crippen molar-refractivity contribution >= 4 is 11.7 Å². The largest absolute Gasteiger partial charge is 0.481 e. The highest BCUT2D eigenvalue weighted by Crippen LogP contribution is 2.38. The molecule has 19 heavy (non-hydrogen) atoms. The fraction of sp³-hybridized carbons (Fsp3) is 0.429. The number of hydrogen-bond acceptors (Lipinski definition) is 3. The molecular formula is C14H15FN2O2. The van der Waals surface area contributed by atoms with Crippen molar-refractivity contribution in [1.82, 2.24) is 0 Å². The summed E-state index contributed by atoms with van der Waals surface area (Å²) in [4.78, 5) is 11.4. The molecule has 0 spiro atoms. The fourth-order valence-corrected chi connectivity index (χ4v) is 2.55. The third-order valence-electron chi connectivity index (χ3n) is 3.73. The van der Waals surface area contributed by atoms with Crippen molar-refractivity contribution in [3.63, 3.8) is 0 Å². The molecule has 0 unspecified atom stereocenters. The van der Waals surface area contributed by atoms with Crippen LogP contribution in [0.2, 0.25) is 0 Å². The van der Waals surface area contributed by atoms with E-state index in [1.807, 2.05) is 6.07 Å². The number of carbonyl (C=O) groups is 1. The molecule has 1 aliphatic carbocycles.